The Morgan fingerprint density at radius 1 is 1.17 bits per heavy atom. The molecule has 29 heavy (non-hydrogen) atoms. The van der Waals surface area contributed by atoms with E-state index in [1.165, 1.54) is 12.1 Å². The van der Waals surface area contributed by atoms with Crippen LogP contribution in [0, 0.1) is 5.82 Å². The molecule has 2 aromatic rings. The summed E-state index contributed by atoms with van der Waals surface area (Å²) in [5.41, 5.74) is 2.34. The Bertz CT molecular complexity index is 887. The molecule has 2 aromatic carbocycles. The molecule has 0 aliphatic carbocycles. The predicted molar refractivity (Wildman–Crippen MR) is 107 cm³/mol. The van der Waals surface area contributed by atoms with E-state index in [9.17, 15) is 9.18 Å². The number of amides is 1. The summed E-state index contributed by atoms with van der Waals surface area (Å²) in [6.07, 6.45) is 0.418. The minimum absolute atomic E-state index is 0.121. The number of benzene rings is 2. The van der Waals surface area contributed by atoms with Gasteiger partial charge in [0.25, 0.3) is 0 Å². The number of carbonyl (C=O) groups excluding carboxylic acids is 1. The standard InChI is InChI=1S/C23H26FNO4/c1-23(2,3)29-22(26)25-11-10-18(13-25)28-20-9-6-16(21-14-27-21)12-19(20)15-4-7-17(24)8-5-15/h4-9,12,18,21H,10-11,13-14H2,1-3H3/t18-,21+/m0/s1. The van der Waals surface area contributed by atoms with Crippen LogP contribution in [-0.2, 0) is 9.47 Å². The van der Waals surface area contributed by atoms with Crippen LogP contribution in [0.1, 0.15) is 38.9 Å². The van der Waals surface area contributed by atoms with Gasteiger partial charge in [0.15, 0.2) is 0 Å². The zero-order chi connectivity index (χ0) is 20.6. The quantitative estimate of drug-likeness (QED) is 0.683. The maximum Gasteiger partial charge on any atom is 0.410 e. The van der Waals surface area contributed by atoms with Gasteiger partial charge in [-0.1, -0.05) is 18.2 Å². The highest BCUT2D eigenvalue weighted by Gasteiger charge is 2.32. The molecule has 0 N–H and O–H groups in total. The second-order valence-corrected chi connectivity index (χ2v) is 8.54. The van der Waals surface area contributed by atoms with Crippen LogP contribution in [0.2, 0.25) is 0 Å². The molecule has 2 heterocycles. The van der Waals surface area contributed by atoms with Crippen LogP contribution in [-0.4, -0.2) is 42.4 Å². The molecule has 2 atom stereocenters. The number of nitrogens with zero attached hydrogens (tertiary/aromatic N) is 1. The third-order valence-corrected chi connectivity index (χ3v) is 4.95. The van der Waals surface area contributed by atoms with Crippen molar-refractivity contribution in [3.05, 3.63) is 53.8 Å². The van der Waals surface area contributed by atoms with Crippen LogP contribution >= 0.6 is 0 Å². The van der Waals surface area contributed by atoms with Crippen molar-refractivity contribution in [2.75, 3.05) is 19.7 Å². The van der Waals surface area contributed by atoms with Crippen LogP contribution in [0.3, 0.4) is 0 Å². The van der Waals surface area contributed by atoms with Crippen LogP contribution in [0.4, 0.5) is 9.18 Å². The third-order valence-electron chi connectivity index (χ3n) is 4.95. The minimum Gasteiger partial charge on any atom is -0.488 e. The molecule has 154 valence electrons. The zero-order valence-corrected chi connectivity index (χ0v) is 17.0. The van der Waals surface area contributed by atoms with E-state index in [0.29, 0.717) is 13.1 Å². The molecule has 4 rings (SSSR count). The fourth-order valence-electron chi connectivity index (χ4n) is 3.44. The highest BCUT2D eigenvalue weighted by molar-refractivity contribution is 5.72. The summed E-state index contributed by atoms with van der Waals surface area (Å²) in [5.74, 6) is 0.443. The van der Waals surface area contributed by atoms with E-state index >= 15 is 0 Å². The Kier molecular flexibility index (Phi) is 5.21. The summed E-state index contributed by atoms with van der Waals surface area (Å²) < 4.78 is 30.5. The molecule has 0 saturated carbocycles. The van der Waals surface area contributed by atoms with Gasteiger partial charge in [-0.25, -0.2) is 9.18 Å². The molecule has 0 bridgehead atoms. The summed E-state index contributed by atoms with van der Waals surface area (Å²) >= 11 is 0. The molecule has 6 heteroatoms. The highest BCUT2D eigenvalue weighted by atomic mass is 19.1. The highest BCUT2D eigenvalue weighted by Crippen LogP contribution is 2.38. The van der Waals surface area contributed by atoms with Crippen LogP contribution in [0.25, 0.3) is 11.1 Å². The molecule has 5 nitrogen and oxygen atoms in total. The molecular weight excluding hydrogens is 373 g/mol. The fraction of sp³-hybridized carbons (Fsp3) is 0.435. The minimum atomic E-state index is -0.521. The lowest BCUT2D eigenvalue weighted by atomic mass is 10.0. The number of epoxide rings is 1. The van der Waals surface area contributed by atoms with Gasteiger partial charge in [0, 0.05) is 18.5 Å². The first-order valence-corrected chi connectivity index (χ1v) is 9.94. The van der Waals surface area contributed by atoms with Crippen LogP contribution in [0.15, 0.2) is 42.5 Å². The molecule has 2 aliphatic heterocycles. The number of rotatable bonds is 4. The van der Waals surface area contributed by atoms with Gasteiger partial charge in [-0.2, -0.15) is 0 Å². The molecule has 2 fully saturated rings. The molecular formula is C23H26FNO4. The van der Waals surface area contributed by atoms with Crippen molar-refractivity contribution >= 4 is 6.09 Å². The van der Waals surface area contributed by atoms with Crippen molar-refractivity contribution in [3.63, 3.8) is 0 Å². The van der Waals surface area contributed by atoms with Gasteiger partial charge < -0.3 is 19.1 Å². The number of hydrogen-bond donors (Lipinski definition) is 0. The lowest BCUT2D eigenvalue weighted by molar-refractivity contribution is 0.0276. The van der Waals surface area contributed by atoms with Crippen molar-refractivity contribution < 1.29 is 23.4 Å². The van der Waals surface area contributed by atoms with Crippen molar-refractivity contribution in [2.45, 2.75) is 45.0 Å². The summed E-state index contributed by atoms with van der Waals surface area (Å²) in [5, 5.41) is 0. The Hall–Kier alpha value is -2.60. The topological polar surface area (TPSA) is 51.3 Å². The monoisotopic (exact) mass is 399 g/mol. The molecule has 1 amide bonds. The average Bonchev–Trinajstić information content (AvgIpc) is 3.40. The first-order chi connectivity index (χ1) is 13.8. The van der Waals surface area contributed by atoms with Gasteiger partial charge in [0.1, 0.15) is 29.4 Å². The van der Waals surface area contributed by atoms with E-state index in [2.05, 4.69) is 0 Å². The first kappa shape index (κ1) is 19.7. The van der Waals surface area contributed by atoms with Crippen LogP contribution in [0.5, 0.6) is 5.75 Å². The van der Waals surface area contributed by atoms with Gasteiger partial charge in [-0.3, -0.25) is 0 Å². The van der Waals surface area contributed by atoms with Gasteiger partial charge in [0.2, 0.25) is 0 Å². The average molecular weight is 399 g/mol. The van der Waals surface area contributed by atoms with Crippen molar-refractivity contribution in [3.8, 4) is 16.9 Å². The number of halogens is 1. The Labute approximate surface area is 170 Å². The number of likely N-dealkylation sites (tertiary alicyclic amines) is 1. The lowest BCUT2D eigenvalue weighted by Gasteiger charge is -2.24. The Balaban J connectivity index is 1.51. The van der Waals surface area contributed by atoms with Gasteiger partial charge in [0.05, 0.1) is 13.2 Å². The summed E-state index contributed by atoms with van der Waals surface area (Å²) in [6.45, 7) is 7.36. The van der Waals surface area contributed by atoms with E-state index in [-0.39, 0.29) is 24.1 Å². The van der Waals surface area contributed by atoms with Crippen LogP contribution < -0.4 is 4.74 Å². The summed E-state index contributed by atoms with van der Waals surface area (Å²) in [4.78, 5) is 14.0. The number of ether oxygens (including phenoxy) is 3. The lowest BCUT2D eigenvalue weighted by Crippen LogP contribution is -2.36. The van der Waals surface area contributed by atoms with E-state index in [4.69, 9.17) is 14.2 Å². The maximum absolute atomic E-state index is 13.4. The normalized spacial score (nSPS) is 21.2. The molecule has 0 unspecified atom stereocenters. The Morgan fingerprint density at radius 2 is 1.90 bits per heavy atom. The fourth-order valence-corrected chi connectivity index (χ4v) is 3.44. The third kappa shape index (κ3) is 4.88. The van der Waals surface area contributed by atoms with Gasteiger partial charge >= 0.3 is 6.09 Å². The van der Waals surface area contributed by atoms with Gasteiger partial charge in [-0.15, -0.1) is 0 Å². The second kappa shape index (κ2) is 7.67. The number of carbonyl (C=O) groups is 1. The molecule has 0 radical (unpaired) electrons. The van der Waals surface area contributed by atoms with E-state index in [0.717, 1.165) is 35.5 Å². The summed E-state index contributed by atoms with van der Waals surface area (Å²) in [7, 11) is 0. The van der Waals surface area contributed by atoms with E-state index in [1.807, 2.05) is 39.0 Å². The SMILES string of the molecule is CC(C)(C)OC(=O)N1CC[C@H](Oc2ccc([C@H]3CO3)cc2-c2ccc(F)cc2)C1. The van der Waals surface area contributed by atoms with Crippen molar-refractivity contribution in [1.29, 1.82) is 0 Å². The maximum atomic E-state index is 13.4. The summed E-state index contributed by atoms with van der Waals surface area (Å²) in [6, 6.07) is 12.4. The second-order valence-electron chi connectivity index (χ2n) is 8.54. The zero-order valence-electron chi connectivity index (χ0n) is 17.0. The number of hydrogen-bond acceptors (Lipinski definition) is 4. The molecule has 0 aromatic heterocycles. The molecule has 2 aliphatic rings. The Morgan fingerprint density at radius 3 is 2.55 bits per heavy atom. The van der Waals surface area contributed by atoms with Crippen molar-refractivity contribution in [1.82, 2.24) is 4.90 Å². The predicted octanol–water partition coefficient (Wildman–Crippen LogP) is 4.95. The largest absolute Gasteiger partial charge is 0.488 e. The van der Waals surface area contributed by atoms with E-state index < -0.39 is 5.60 Å². The first-order valence-electron chi connectivity index (χ1n) is 9.94. The smallest absolute Gasteiger partial charge is 0.410 e. The van der Waals surface area contributed by atoms with Gasteiger partial charge in [-0.05, 0) is 56.2 Å². The van der Waals surface area contributed by atoms with E-state index in [1.54, 1.807) is 17.0 Å². The molecule has 2 saturated heterocycles. The van der Waals surface area contributed by atoms with Crippen molar-refractivity contribution in [2.24, 2.45) is 0 Å². The molecule has 0 spiro atoms.